The van der Waals surface area contributed by atoms with E-state index in [1.54, 1.807) is 6.92 Å². The Morgan fingerprint density at radius 3 is 2.17 bits per heavy atom. The second-order valence-electron chi connectivity index (χ2n) is 6.21. The van der Waals surface area contributed by atoms with E-state index in [0.717, 1.165) is 6.42 Å². The molecule has 0 heterocycles. The molecule has 1 atom stereocenters. The normalized spacial score (nSPS) is 13.2. The lowest BCUT2D eigenvalue weighted by molar-refractivity contribution is 0.301. The Balaban J connectivity index is 0.00000149. The first-order valence-corrected chi connectivity index (χ1v) is 8.19. The summed E-state index contributed by atoms with van der Waals surface area (Å²) < 4.78 is 0. The van der Waals surface area contributed by atoms with Gasteiger partial charge in [-0.2, -0.15) is 0 Å². The highest BCUT2D eigenvalue weighted by atomic mass is 15.1. The number of benzene rings is 1. The molecule has 1 unspecified atom stereocenters. The molecule has 1 aromatic rings. The van der Waals surface area contributed by atoms with Crippen LogP contribution < -0.4 is 0 Å². The number of allylic oxidation sites excluding steroid dienone is 3. The number of aryl methyl sites for hydroxylation is 2. The van der Waals surface area contributed by atoms with Crippen LogP contribution >= 0.6 is 0 Å². The lowest BCUT2D eigenvalue weighted by atomic mass is 9.96. The standard InChI is InChI=1S/C19H29N.C3H4/c1-8-14(2)15(3)10-12-19(20(6)7)18-11-9-16(4)17(5)13-18;1-3-2/h8-11,13,19H,12H2,1-7H3;1H,2H3/b14-8-,15-10-;. The molecule has 0 radical (unpaired) electrons. The quantitative estimate of drug-likeness (QED) is 0.487. The molecule has 126 valence electrons. The minimum absolute atomic E-state index is 0.439. The Labute approximate surface area is 144 Å². The molecule has 0 saturated carbocycles. The number of terminal acetylenes is 1. The van der Waals surface area contributed by atoms with Crippen LogP contribution in [0.1, 0.15) is 56.8 Å². The predicted octanol–water partition coefficient (Wildman–Crippen LogP) is 5.85. The van der Waals surface area contributed by atoms with Crippen LogP contribution in [0.3, 0.4) is 0 Å². The maximum Gasteiger partial charge on any atom is 0.0376 e. The molecule has 0 aliphatic carbocycles. The van der Waals surface area contributed by atoms with Gasteiger partial charge in [-0.3, -0.25) is 0 Å². The van der Waals surface area contributed by atoms with E-state index in [9.17, 15) is 0 Å². The molecule has 1 rings (SSSR count). The highest BCUT2D eigenvalue weighted by Crippen LogP contribution is 2.25. The van der Waals surface area contributed by atoms with Gasteiger partial charge in [0.2, 0.25) is 0 Å². The van der Waals surface area contributed by atoms with E-state index in [1.807, 2.05) is 0 Å². The van der Waals surface area contributed by atoms with Crippen LogP contribution in [0.5, 0.6) is 0 Å². The number of hydrogen-bond donors (Lipinski definition) is 0. The summed E-state index contributed by atoms with van der Waals surface area (Å²) in [5.41, 5.74) is 6.88. The van der Waals surface area contributed by atoms with E-state index >= 15 is 0 Å². The average molecular weight is 312 g/mol. The Hall–Kier alpha value is -1.78. The molecule has 23 heavy (non-hydrogen) atoms. The van der Waals surface area contributed by atoms with Gasteiger partial charge in [-0.25, -0.2) is 0 Å². The first kappa shape index (κ1) is 21.2. The van der Waals surface area contributed by atoms with Crippen LogP contribution in [0, 0.1) is 26.2 Å². The largest absolute Gasteiger partial charge is 0.302 e. The van der Waals surface area contributed by atoms with Crippen molar-refractivity contribution in [2.75, 3.05) is 14.1 Å². The molecular formula is C22H33N. The zero-order valence-corrected chi connectivity index (χ0v) is 16.2. The van der Waals surface area contributed by atoms with Crippen molar-refractivity contribution in [1.82, 2.24) is 4.90 Å². The monoisotopic (exact) mass is 311 g/mol. The van der Waals surface area contributed by atoms with E-state index in [4.69, 9.17) is 0 Å². The topological polar surface area (TPSA) is 3.24 Å². The molecule has 0 aliphatic heterocycles. The summed E-state index contributed by atoms with van der Waals surface area (Å²) >= 11 is 0. The van der Waals surface area contributed by atoms with Crippen LogP contribution in [0.2, 0.25) is 0 Å². The van der Waals surface area contributed by atoms with E-state index in [2.05, 4.69) is 96.3 Å². The van der Waals surface area contributed by atoms with Gasteiger partial charge in [0, 0.05) is 6.04 Å². The second kappa shape index (κ2) is 10.9. The molecule has 0 aliphatic rings. The summed E-state index contributed by atoms with van der Waals surface area (Å²) in [6.07, 6.45) is 10.2. The van der Waals surface area contributed by atoms with Gasteiger partial charge in [-0.05, 0) is 78.7 Å². The van der Waals surface area contributed by atoms with Gasteiger partial charge >= 0.3 is 0 Å². The van der Waals surface area contributed by atoms with Gasteiger partial charge in [0.25, 0.3) is 0 Å². The third-order valence-electron chi connectivity index (χ3n) is 4.24. The van der Waals surface area contributed by atoms with Crippen LogP contribution in [0.15, 0.2) is 41.5 Å². The Morgan fingerprint density at radius 1 is 1.17 bits per heavy atom. The lowest BCUT2D eigenvalue weighted by Gasteiger charge is -2.24. The SMILES string of the molecule is C#CC.C/C=C(C)\C(C)=C/CC(c1ccc(C)c(C)c1)N(C)C. The summed E-state index contributed by atoms with van der Waals surface area (Å²) in [4.78, 5) is 2.30. The average Bonchev–Trinajstić information content (AvgIpc) is 2.50. The van der Waals surface area contributed by atoms with Crippen LogP contribution in [0.25, 0.3) is 0 Å². The zero-order valence-electron chi connectivity index (χ0n) is 16.2. The van der Waals surface area contributed by atoms with Gasteiger partial charge in [0.05, 0.1) is 0 Å². The molecule has 1 nitrogen and oxygen atoms in total. The van der Waals surface area contributed by atoms with E-state index < -0.39 is 0 Å². The van der Waals surface area contributed by atoms with Crippen LogP contribution in [-0.2, 0) is 0 Å². The summed E-state index contributed by atoms with van der Waals surface area (Å²) in [5.74, 6) is 2.25. The molecule has 1 heteroatoms. The second-order valence-corrected chi connectivity index (χ2v) is 6.21. The van der Waals surface area contributed by atoms with E-state index in [0.29, 0.717) is 6.04 Å². The van der Waals surface area contributed by atoms with Crippen molar-refractivity contribution >= 4 is 0 Å². The number of hydrogen-bond acceptors (Lipinski definition) is 1. The fourth-order valence-electron chi connectivity index (χ4n) is 2.29. The smallest absolute Gasteiger partial charge is 0.0376 e. The third-order valence-corrected chi connectivity index (χ3v) is 4.24. The first-order chi connectivity index (χ1) is 10.8. The van der Waals surface area contributed by atoms with Gasteiger partial charge in [0.15, 0.2) is 0 Å². The van der Waals surface area contributed by atoms with Gasteiger partial charge in [0.1, 0.15) is 0 Å². The van der Waals surface area contributed by atoms with Crippen molar-refractivity contribution in [2.24, 2.45) is 0 Å². The van der Waals surface area contributed by atoms with Crippen LogP contribution in [0.4, 0.5) is 0 Å². The predicted molar refractivity (Wildman–Crippen MR) is 105 cm³/mol. The van der Waals surface area contributed by atoms with E-state index in [-0.39, 0.29) is 0 Å². The Kier molecular flexibility index (Phi) is 10.0. The highest BCUT2D eigenvalue weighted by Gasteiger charge is 2.13. The fraction of sp³-hybridized carbons (Fsp3) is 0.455. The molecule has 0 bridgehead atoms. The summed E-state index contributed by atoms with van der Waals surface area (Å²) in [6.45, 7) is 12.5. The van der Waals surface area contributed by atoms with Crippen molar-refractivity contribution in [2.45, 2.75) is 54.0 Å². The Bertz CT molecular complexity index is 582. The van der Waals surface area contributed by atoms with Crippen molar-refractivity contribution in [3.63, 3.8) is 0 Å². The van der Waals surface area contributed by atoms with Crippen molar-refractivity contribution in [3.8, 4) is 12.3 Å². The maximum absolute atomic E-state index is 4.60. The minimum atomic E-state index is 0.439. The fourth-order valence-corrected chi connectivity index (χ4v) is 2.29. The van der Waals surface area contributed by atoms with Crippen molar-refractivity contribution in [3.05, 3.63) is 58.2 Å². The highest BCUT2D eigenvalue weighted by molar-refractivity contribution is 5.33. The molecular weight excluding hydrogens is 278 g/mol. The van der Waals surface area contributed by atoms with Crippen molar-refractivity contribution < 1.29 is 0 Å². The minimum Gasteiger partial charge on any atom is -0.302 e. The van der Waals surface area contributed by atoms with Gasteiger partial charge in [-0.1, -0.05) is 41.5 Å². The zero-order chi connectivity index (χ0) is 18.0. The molecule has 0 fully saturated rings. The summed E-state index contributed by atoms with van der Waals surface area (Å²) in [6, 6.07) is 7.26. The number of nitrogens with zero attached hydrogens (tertiary/aromatic N) is 1. The maximum atomic E-state index is 4.60. The van der Waals surface area contributed by atoms with Crippen molar-refractivity contribution in [1.29, 1.82) is 0 Å². The molecule has 1 aromatic carbocycles. The third kappa shape index (κ3) is 7.35. The molecule has 0 N–H and O–H groups in total. The number of rotatable bonds is 5. The van der Waals surface area contributed by atoms with Crippen LogP contribution in [-0.4, -0.2) is 19.0 Å². The molecule has 0 saturated heterocycles. The molecule has 0 spiro atoms. The first-order valence-electron chi connectivity index (χ1n) is 8.19. The lowest BCUT2D eigenvalue weighted by Crippen LogP contribution is -2.19. The van der Waals surface area contributed by atoms with E-state index in [1.165, 1.54) is 27.8 Å². The molecule has 0 amide bonds. The summed E-state index contributed by atoms with van der Waals surface area (Å²) in [5, 5.41) is 0. The van der Waals surface area contributed by atoms with Gasteiger partial charge in [-0.15, -0.1) is 12.3 Å². The Morgan fingerprint density at radius 2 is 1.74 bits per heavy atom. The molecule has 0 aromatic heterocycles. The van der Waals surface area contributed by atoms with Gasteiger partial charge < -0.3 is 4.90 Å². The summed E-state index contributed by atoms with van der Waals surface area (Å²) in [7, 11) is 4.32.